The van der Waals surface area contributed by atoms with Crippen molar-refractivity contribution in [2.24, 2.45) is 20.5 Å². The van der Waals surface area contributed by atoms with Gasteiger partial charge in [0.25, 0.3) is 11.8 Å². The third-order valence-electron chi connectivity index (χ3n) is 11.8. The molecule has 0 aliphatic heterocycles. The zero-order valence-electron chi connectivity index (χ0n) is 39.8. The normalized spacial score (nSPS) is 11.7. The lowest BCUT2D eigenvalue weighted by molar-refractivity contribution is -0.138. The van der Waals surface area contributed by atoms with E-state index in [4.69, 9.17) is 0 Å². The van der Waals surface area contributed by atoms with Crippen molar-refractivity contribution in [3.8, 4) is 22.6 Å². The Balaban J connectivity index is 0.797. The minimum atomic E-state index is -4.63. The number of azo groups is 2. The molecule has 6 amide bonds. The number of aromatic hydroxyl groups is 2. The second-order valence-corrected chi connectivity index (χ2v) is 17.1. The molecule has 15 nitrogen and oxygen atoms in total. The lowest BCUT2D eigenvalue weighted by Crippen LogP contribution is -2.34. The third kappa shape index (κ3) is 12.2. The maximum atomic E-state index is 13.5. The molecule has 6 N–H and O–H groups in total. The van der Waals surface area contributed by atoms with Crippen LogP contribution in [-0.2, 0) is 12.4 Å². The molecule has 0 heterocycles. The number of nitrogens with one attached hydrogen (secondary N) is 4. The number of carbonyl (C=O) groups excluding carboxylic acids is 5. The Morgan fingerprint density at radius 2 is 0.769 bits per heavy atom. The number of halogens is 6. The number of benzene rings is 9. The van der Waals surface area contributed by atoms with Crippen LogP contribution in [0.25, 0.3) is 32.7 Å². The van der Waals surface area contributed by atoms with Crippen LogP contribution in [0.5, 0.6) is 11.5 Å². The number of carbonyl (C=O) groups is 5. The van der Waals surface area contributed by atoms with Gasteiger partial charge in [0.1, 0.15) is 22.9 Å². The standard InChI is InChI=1S/C57H36F6N8O7/c58-56(59,60)39-3-1-5-43(29-39)64-54(77)66-52(75)37-15-23-45-35(27-37)17-25-47(72)49(45)70-68-41-19-11-32(12-20-41)31-7-9-33(10-8-31)51(74)34-13-21-42(22-14-34)69-71-50-46-24-16-38(28-36(46)18-26-48(50)73)53(76)67-55(78)65-44-6-2-4-40(30-44)57(61,62)63/h1-30,72-73H,(H2,64,66,75,77)(H2,65,67,76,78). The van der Waals surface area contributed by atoms with E-state index in [1.165, 1.54) is 72.8 Å². The second kappa shape index (κ2) is 21.7. The number of hydrogen-bond acceptors (Lipinski definition) is 11. The first kappa shape index (κ1) is 52.3. The molecule has 9 rings (SSSR count). The van der Waals surface area contributed by atoms with E-state index in [1.54, 1.807) is 72.8 Å². The number of imide groups is 2. The number of rotatable bonds is 11. The fraction of sp³-hybridized carbons (Fsp3) is 0.0351. The van der Waals surface area contributed by atoms with Crippen molar-refractivity contribution in [3.05, 3.63) is 215 Å². The monoisotopic (exact) mass is 1060 g/mol. The summed E-state index contributed by atoms with van der Waals surface area (Å²) in [6.07, 6.45) is -9.26. The maximum absolute atomic E-state index is 13.5. The van der Waals surface area contributed by atoms with Crippen molar-refractivity contribution in [1.82, 2.24) is 10.6 Å². The van der Waals surface area contributed by atoms with Crippen molar-refractivity contribution in [2.75, 3.05) is 10.6 Å². The van der Waals surface area contributed by atoms with Crippen molar-refractivity contribution in [2.45, 2.75) is 12.4 Å². The molecule has 0 unspecified atom stereocenters. The topological polar surface area (TPSA) is 223 Å². The lowest BCUT2D eigenvalue weighted by Gasteiger charge is -2.11. The van der Waals surface area contributed by atoms with Crippen molar-refractivity contribution in [1.29, 1.82) is 0 Å². The van der Waals surface area contributed by atoms with Gasteiger partial charge in [0.05, 0.1) is 22.5 Å². The van der Waals surface area contributed by atoms with Crippen molar-refractivity contribution >= 4 is 85.3 Å². The molecule has 9 aromatic carbocycles. The first-order valence-electron chi connectivity index (χ1n) is 23.1. The quantitative estimate of drug-likeness (QED) is 0.0417. The molecule has 0 bridgehead atoms. The van der Waals surface area contributed by atoms with Gasteiger partial charge in [0.15, 0.2) is 5.78 Å². The number of hydrogen-bond donors (Lipinski definition) is 6. The van der Waals surface area contributed by atoms with Gasteiger partial charge in [-0.05, 0) is 131 Å². The van der Waals surface area contributed by atoms with Gasteiger partial charge >= 0.3 is 24.4 Å². The van der Waals surface area contributed by atoms with Gasteiger partial charge in [-0.2, -0.15) is 36.6 Å². The smallest absolute Gasteiger partial charge is 0.416 e. The first-order valence-corrected chi connectivity index (χ1v) is 23.1. The minimum Gasteiger partial charge on any atom is -0.506 e. The van der Waals surface area contributed by atoms with E-state index in [0.717, 1.165) is 47.5 Å². The molecule has 0 saturated carbocycles. The van der Waals surface area contributed by atoms with Gasteiger partial charge in [0.2, 0.25) is 0 Å². The van der Waals surface area contributed by atoms with E-state index in [2.05, 4.69) is 41.7 Å². The summed E-state index contributed by atoms with van der Waals surface area (Å²) in [5, 5.41) is 48.7. The summed E-state index contributed by atoms with van der Waals surface area (Å²) in [5.74, 6) is -2.36. The van der Waals surface area contributed by atoms with E-state index in [9.17, 15) is 60.5 Å². The predicted octanol–water partition coefficient (Wildman–Crippen LogP) is 15.1. The molecule has 9 aromatic rings. The SMILES string of the molecule is O=C(NC(=O)c1ccc2c(N=Nc3ccc(C(=O)c4ccc(-c5ccc(N=Nc6c(O)ccc7cc(C(=O)NC(=O)Nc8cccc(C(F)(F)F)c8)ccc67)cc5)cc4)cc3)c(O)ccc2c1)Nc1cccc(C(F)(F)F)c1. The van der Waals surface area contributed by atoms with Crippen molar-refractivity contribution < 1.29 is 60.5 Å². The Bertz CT molecular complexity index is 3900. The van der Waals surface area contributed by atoms with E-state index < -0.39 is 47.4 Å². The Morgan fingerprint density at radius 1 is 0.397 bits per heavy atom. The van der Waals surface area contributed by atoms with Crippen LogP contribution in [-0.4, -0.2) is 39.9 Å². The molecule has 0 radical (unpaired) electrons. The number of anilines is 2. The van der Waals surface area contributed by atoms with Crippen LogP contribution in [0.4, 0.5) is 70.1 Å². The van der Waals surface area contributed by atoms with Gasteiger partial charge in [-0.1, -0.05) is 72.8 Å². The van der Waals surface area contributed by atoms with Crippen LogP contribution in [0, 0.1) is 0 Å². The Kier molecular flexibility index (Phi) is 14.6. The van der Waals surface area contributed by atoms with Crippen LogP contribution in [0.1, 0.15) is 47.8 Å². The summed E-state index contributed by atoms with van der Waals surface area (Å²) in [7, 11) is 0. The predicted molar refractivity (Wildman–Crippen MR) is 277 cm³/mol. The molecule has 388 valence electrons. The third-order valence-corrected chi connectivity index (χ3v) is 11.8. The molecule has 0 spiro atoms. The van der Waals surface area contributed by atoms with E-state index >= 15 is 0 Å². The molecule has 0 saturated heterocycles. The molecular weight excluding hydrogens is 1020 g/mol. The molecule has 0 aliphatic carbocycles. The second-order valence-electron chi connectivity index (χ2n) is 17.1. The summed E-state index contributed by atoms with van der Waals surface area (Å²) in [4.78, 5) is 64.1. The number of phenols is 2. The molecule has 0 aliphatic rings. The summed E-state index contributed by atoms with van der Waals surface area (Å²) in [6, 6.07) is 40.4. The minimum absolute atomic E-state index is 0.0353. The Morgan fingerprint density at radius 3 is 1.18 bits per heavy atom. The molecule has 0 fully saturated rings. The number of nitrogens with zero attached hydrogens (tertiary/aromatic N) is 4. The molecule has 0 atom stereocenters. The average Bonchev–Trinajstić information content (AvgIpc) is 3.43. The number of alkyl halides is 6. The molecule has 0 aromatic heterocycles. The fourth-order valence-electron chi connectivity index (χ4n) is 7.91. The van der Waals surface area contributed by atoms with Gasteiger partial charge in [-0.25, -0.2) is 9.59 Å². The number of phenolic OH excluding ortho intramolecular Hbond substituents is 2. The average molecular weight is 1060 g/mol. The summed E-state index contributed by atoms with van der Waals surface area (Å²) in [6.45, 7) is 0. The highest BCUT2D eigenvalue weighted by Crippen LogP contribution is 2.39. The number of amides is 6. The van der Waals surface area contributed by atoms with Crippen LogP contribution in [0.2, 0.25) is 0 Å². The van der Waals surface area contributed by atoms with Gasteiger partial charge in [-0.15, -0.1) is 10.2 Å². The summed E-state index contributed by atoms with van der Waals surface area (Å²) < 4.78 is 78.5. The van der Waals surface area contributed by atoms with Gasteiger partial charge in [0, 0.05) is 44.4 Å². The fourth-order valence-corrected chi connectivity index (χ4v) is 7.91. The lowest BCUT2D eigenvalue weighted by atomic mass is 9.99. The number of urea groups is 2. The van der Waals surface area contributed by atoms with E-state index in [0.29, 0.717) is 44.0 Å². The van der Waals surface area contributed by atoms with Crippen LogP contribution < -0.4 is 21.3 Å². The number of fused-ring (bicyclic) bond motifs is 2. The Labute approximate surface area is 436 Å². The maximum Gasteiger partial charge on any atom is 0.416 e. The van der Waals surface area contributed by atoms with Crippen LogP contribution in [0.15, 0.2) is 202 Å². The van der Waals surface area contributed by atoms with Crippen LogP contribution >= 0.6 is 0 Å². The highest BCUT2D eigenvalue weighted by molar-refractivity contribution is 6.12. The summed E-state index contributed by atoms with van der Waals surface area (Å²) in [5.41, 5.74) is 1.12. The van der Waals surface area contributed by atoms with E-state index in [1.807, 2.05) is 0 Å². The Hall–Kier alpha value is -10.6. The summed E-state index contributed by atoms with van der Waals surface area (Å²) >= 11 is 0. The van der Waals surface area contributed by atoms with Crippen LogP contribution in [0.3, 0.4) is 0 Å². The molecule has 78 heavy (non-hydrogen) atoms. The zero-order valence-corrected chi connectivity index (χ0v) is 39.8. The van der Waals surface area contributed by atoms with E-state index in [-0.39, 0.29) is 51.2 Å². The molecular formula is C57H36F6N8O7. The number of ketones is 1. The van der Waals surface area contributed by atoms with Gasteiger partial charge < -0.3 is 20.8 Å². The highest BCUT2D eigenvalue weighted by Gasteiger charge is 2.31. The van der Waals surface area contributed by atoms with Gasteiger partial charge in [-0.3, -0.25) is 25.0 Å². The molecule has 21 heteroatoms. The van der Waals surface area contributed by atoms with Crippen molar-refractivity contribution in [3.63, 3.8) is 0 Å². The largest absolute Gasteiger partial charge is 0.506 e. The first-order chi connectivity index (χ1) is 37.2. The zero-order chi connectivity index (χ0) is 55.3. The highest BCUT2D eigenvalue weighted by atomic mass is 19.4.